The van der Waals surface area contributed by atoms with Crippen LogP contribution in [-0.4, -0.2) is 29.4 Å². The molecule has 7 heteroatoms. The SMILES string of the molecule is COC(C)(C)C(F)(F)c1cccc(C(C)N2C(=O)c3ccccc3C2=O)c1F. The van der Waals surface area contributed by atoms with Gasteiger partial charge in [0.05, 0.1) is 22.7 Å². The monoisotopic (exact) mass is 391 g/mol. The van der Waals surface area contributed by atoms with Gasteiger partial charge in [-0.05, 0) is 39.0 Å². The molecule has 2 aromatic carbocycles. The van der Waals surface area contributed by atoms with Gasteiger partial charge in [-0.15, -0.1) is 0 Å². The first kappa shape index (κ1) is 20.1. The molecule has 28 heavy (non-hydrogen) atoms. The van der Waals surface area contributed by atoms with Crippen molar-refractivity contribution < 1.29 is 27.5 Å². The number of benzene rings is 2. The van der Waals surface area contributed by atoms with Crippen molar-refractivity contribution in [1.82, 2.24) is 4.90 Å². The number of methoxy groups -OCH3 is 1. The van der Waals surface area contributed by atoms with Gasteiger partial charge in [0.1, 0.15) is 11.4 Å². The van der Waals surface area contributed by atoms with E-state index in [0.29, 0.717) is 0 Å². The van der Waals surface area contributed by atoms with Gasteiger partial charge < -0.3 is 4.74 Å². The quantitative estimate of drug-likeness (QED) is 0.694. The predicted octanol–water partition coefficient (Wildman–Crippen LogP) is 4.70. The lowest BCUT2D eigenvalue weighted by Crippen LogP contribution is -2.43. The molecule has 3 rings (SSSR count). The lowest BCUT2D eigenvalue weighted by molar-refractivity contribution is -0.186. The van der Waals surface area contributed by atoms with Crippen molar-refractivity contribution in [1.29, 1.82) is 0 Å². The normalized spacial score (nSPS) is 15.8. The van der Waals surface area contributed by atoms with Crippen molar-refractivity contribution in [2.45, 2.75) is 38.3 Å². The molecule has 2 amide bonds. The van der Waals surface area contributed by atoms with Crippen LogP contribution in [0.3, 0.4) is 0 Å². The van der Waals surface area contributed by atoms with Crippen molar-refractivity contribution >= 4 is 11.8 Å². The maximum absolute atomic E-state index is 15.1. The Labute approximate surface area is 160 Å². The number of ether oxygens (including phenoxy) is 1. The number of carbonyl (C=O) groups is 2. The Morgan fingerprint density at radius 3 is 2.00 bits per heavy atom. The summed E-state index contributed by atoms with van der Waals surface area (Å²) in [5, 5.41) is 0. The molecule has 1 aliphatic heterocycles. The minimum absolute atomic E-state index is 0.168. The van der Waals surface area contributed by atoms with Crippen LogP contribution in [0.4, 0.5) is 13.2 Å². The second kappa shape index (κ2) is 6.74. The Morgan fingerprint density at radius 1 is 0.964 bits per heavy atom. The third-order valence-corrected chi connectivity index (χ3v) is 5.30. The fraction of sp³-hybridized carbons (Fsp3) is 0.333. The van der Waals surface area contributed by atoms with E-state index < -0.39 is 40.8 Å². The number of hydrogen-bond acceptors (Lipinski definition) is 3. The number of halogens is 3. The Kier molecular flexibility index (Phi) is 4.83. The molecule has 0 N–H and O–H groups in total. The molecule has 4 nitrogen and oxygen atoms in total. The lowest BCUT2D eigenvalue weighted by Gasteiger charge is -2.34. The first-order chi connectivity index (χ1) is 13.0. The summed E-state index contributed by atoms with van der Waals surface area (Å²) in [6.45, 7) is 3.75. The summed E-state index contributed by atoms with van der Waals surface area (Å²) >= 11 is 0. The third-order valence-electron chi connectivity index (χ3n) is 5.30. The van der Waals surface area contributed by atoms with Crippen LogP contribution < -0.4 is 0 Å². The summed E-state index contributed by atoms with van der Waals surface area (Å²) in [4.78, 5) is 26.2. The molecule has 0 saturated carbocycles. The number of rotatable bonds is 5. The van der Waals surface area contributed by atoms with Crippen LogP contribution in [0.1, 0.15) is 58.7 Å². The Bertz CT molecular complexity index is 921. The molecular weight excluding hydrogens is 371 g/mol. The van der Waals surface area contributed by atoms with Gasteiger partial charge >= 0.3 is 5.92 Å². The number of amides is 2. The largest absolute Gasteiger partial charge is 0.372 e. The smallest absolute Gasteiger partial charge is 0.303 e. The minimum atomic E-state index is -3.64. The number of carbonyl (C=O) groups excluding carboxylic acids is 2. The summed E-state index contributed by atoms with van der Waals surface area (Å²) in [5.74, 6) is -5.96. The molecule has 1 unspecified atom stereocenters. The van der Waals surface area contributed by atoms with E-state index in [1.165, 1.54) is 31.2 Å². The van der Waals surface area contributed by atoms with E-state index >= 15 is 4.39 Å². The first-order valence-electron chi connectivity index (χ1n) is 8.73. The highest BCUT2D eigenvalue weighted by Gasteiger charge is 2.51. The van der Waals surface area contributed by atoms with E-state index in [2.05, 4.69) is 0 Å². The van der Waals surface area contributed by atoms with Gasteiger partial charge in [-0.2, -0.15) is 8.78 Å². The number of fused-ring (bicyclic) bond motifs is 1. The molecule has 0 aliphatic carbocycles. The second-order valence-electron chi connectivity index (χ2n) is 7.20. The lowest BCUT2D eigenvalue weighted by atomic mass is 9.90. The highest BCUT2D eigenvalue weighted by atomic mass is 19.3. The molecule has 1 aliphatic rings. The molecule has 1 heterocycles. The van der Waals surface area contributed by atoms with Crippen LogP contribution in [0.2, 0.25) is 0 Å². The van der Waals surface area contributed by atoms with E-state index in [9.17, 15) is 18.4 Å². The maximum Gasteiger partial charge on any atom is 0.303 e. The number of nitrogens with zero attached hydrogens (tertiary/aromatic N) is 1. The zero-order valence-corrected chi connectivity index (χ0v) is 15.9. The van der Waals surface area contributed by atoms with Crippen molar-refractivity contribution in [2.75, 3.05) is 7.11 Å². The molecule has 0 spiro atoms. The minimum Gasteiger partial charge on any atom is -0.372 e. The van der Waals surface area contributed by atoms with Crippen molar-refractivity contribution in [3.05, 3.63) is 70.5 Å². The van der Waals surface area contributed by atoms with Crippen LogP contribution in [0.5, 0.6) is 0 Å². The van der Waals surface area contributed by atoms with Crippen LogP contribution in [0, 0.1) is 5.82 Å². The summed E-state index contributed by atoms with van der Waals surface area (Å²) in [5.41, 5.74) is -2.55. The molecular formula is C21H20F3NO3. The van der Waals surface area contributed by atoms with E-state index in [0.717, 1.165) is 31.9 Å². The number of alkyl halides is 2. The van der Waals surface area contributed by atoms with Gasteiger partial charge in [0, 0.05) is 12.7 Å². The third kappa shape index (κ3) is 2.81. The second-order valence-corrected chi connectivity index (χ2v) is 7.20. The Morgan fingerprint density at radius 2 is 1.50 bits per heavy atom. The van der Waals surface area contributed by atoms with Gasteiger partial charge in [0.2, 0.25) is 0 Å². The standard InChI is InChI=1S/C21H20F3NO3/c1-12(25-18(26)14-8-5-6-9-15(14)19(25)27)13-10-7-11-16(17(13)22)21(23,24)20(2,3)28-4/h5-12H,1-4H3. The van der Waals surface area contributed by atoms with Gasteiger partial charge in [-0.3, -0.25) is 14.5 Å². The number of hydrogen-bond donors (Lipinski definition) is 0. The summed E-state index contributed by atoms with van der Waals surface area (Å²) in [7, 11) is 1.12. The number of imide groups is 1. The summed E-state index contributed by atoms with van der Waals surface area (Å²) in [6, 6.07) is 8.74. The van der Waals surface area contributed by atoms with Crippen molar-refractivity contribution in [3.8, 4) is 0 Å². The fourth-order valence-electron chi connectivity index (χ4n) is 3.27. The van der Waals surface area contributed by atoms with Gasteiger partial charge in [0.15, 0.2) is 0 Å². The zero-order valence-electron chi connectivity index (χ0n) is 15.9. The van der Waals surface area contributed by atoms with Crippen LogP contribution in [-0.2, 0) is 10.7 Å². The molecule has 0 aromatic heterocycles. The highest BCUT2D eigenvalue weighted by Crippen LogP contribution is 2.43. The molecule has 0 radical (unpaired) electrons. The molecule has 0 bridgehead atoms. The maximum atomic E-state index is 15.1. The van der Waals surface area contributed by atoms with E-state index in [1.807, 2.05) is 0 Å². The molecule has 148 valence electrons. The van der Waals surface area contributed by atoms with Crippen LogP contribution in [0.25, 0.3) is 0 Å². The molecule has 2 aromatic rings. The molecule has 1 atom stereocenters. The fourth-order valence-corrected chi connectivity index (χ4v) is 3.27. The van der Waals surface area contributed by atoms with Crippen molar-refractivity contribution in [3.63, 3.8) is 0 Å². The van der Waals surface area contributed by atoms with E-state index in [1.54, 1.807) is 12.1 Å². The van der Waals surface area contributed by atoms with Crippen molar-refractivity contribution in [2.24, 2.45) is 0 Å². The average molecular weight is 391 g/mol. The first-order valence-corrected chi connectivity index (χ1v) is 8.73. The summed E-state index contributed by atoms with van der Waals surface area (Å²) in [6.07, 6.45) is 0. The topological polar surface area (TPSA) is 46.6 Å². The Hall–Kier alpha value is -2.67. The predicted molar refractivity (Wildman–Crippen MR) is 96.7 cm³/mol. The molecule has 0 saturated heterocycles. The van der Waals surface area contributed by atoms with Gasteiger partial charge in [-0.1, -0.05) is 24.3 Å². The zero-order chi connectivity index (χ0) is 20.9. The van der Waals surface area contributed by atoms with Crippen LogP contribution in [0.15, 0.2) is 42.5 Å². The average Bonchev–Trinajstić information content (AvgIpc) is 2.92. The summed E-state index contributed by atoms with van der Waals surface area (Å²) < 4.78 is 49.7. The molecule has 0 fully saturated rings. The van der Waals surface area contributed by atoms with Gasteiger partial charge in [0.25, 0.3) is 11.8 Å². The van der Waals surface area contributed by atoms with E-state index in [-0.39, 0.29) is 16.7 Å². The van der Waals surface area contributed by atoms with Gasteiger partial charge in [-0.25, -0.2) is 4.39 Å². The Balaban J connectivity index is 2.05. The highest BCUT2D eigenvalue weighted by molar-refractivity contribution is 6.21. The van der Waals surface area contributed by atoms with E-state index in [4.69, 9.17) is 4.74 Å². The van der Waals surface area contributed by atoms with Crippen LogP contribution >= 0.6 is 0 Å².